The molecule has 1 saturated heterocycles. The minimum atomic E-state index is -0.267. The number of nitrogens with zero attached hydrogens (tertiary/aromatic N) is 1. The van der Waals surface area contributed by atoms with E-state index in [9.17, 15) is 9.90 Å². The van der Waals surface area contributed by atoms with Gasteiger partial charge in [-0.15, -0.1) is 11.3 Å². The molecule has 2 rings (SSSR count). The van der Waals surface area contributed by atoms with Crippen LogP contribution in [0.3, 0.4) is 0 Å². The summed E-state index contributed by atoms with van der Waals surface area (Å²) in [6, 6.07) is 3.81. The predicted octanol–water partition coefficient (Wildman–Crippen LogP) is 2.13. The lowest BCUT2D eigenvalue weighted by Gasteiger charge is -2.33. The third-order valence-corrected chi connectivity index (χ3v) is 4.70. The fourth-order valence-electron chi connectivity index (χ4n) is 2.52. The van der Waals surface area contributed by atoms with Crippen LogP contribution in [0, 0.1) is 5.92 Å². The van der Waals surface area contributed by atoms with Crippen LogP contribution in [0.4, 0.5) is 0 Å². The molecule has 0 saturated carbocycles. The first-order valence-corrected chi connectivity index (χ1v) is 7.49. The van der Waals surface area contributed by atoms with Gasteiger partial charge in [0.2, 0.25) is 0 Å². The summed E-state index contributed by atoms with van der Waals surface area (Å²) < 4.78 is 4.71. The zero-order valence-corrected chi connectivity index (χ0v) is 12.3. The van der Waals surface area contributed by atoms with E-state index in [0.717, 1.165) is 32.5 Å². The summed E-state index contributed by atoms with van der Waals surface area (Å²) >= 11 is 1.49. The summed E-state index contributed by atoms with van der Waals surface area (Å²) in [5, 5.41) is 9.68. The molecule has 1 aliphatic heterocycles. The fourth-order valence-corrected chi connectivity index (χ4v) is 3.49. The number of carbonyl (C=O) groups is 1. The van der Waals surface area contributed by atoms with Crippen molar-refractivity contribution in [2.24, 2.45) is 5.92 Å². The Labute approximate surface area is 118 Å². The number of hydrogen-bond donors (Lipinski definition) is 1. The summed E-state index contributed by atoms with van der Waals surface area (Å²) in [6.45, 7) is 4.72. The van der Waals surface area contributed by atoms with Crippen molar-refractivity contribution in [2.75, 3.05) is 20.2 Å². The summed E-state index contributed by atoms with van der Waals surface area (Å²) in [5.41, 5.74) is 0. The Kier molecular flexibility index (Phi) is 4.96. The molecule has 1 fully saturated rings. The molecule has 0 aliphatic carbocycles. The lowest BCUT2D eigenvalue weighted by molar-refractivity contribution is 0.0602. The second-order valence-electron chi connectivity index (χ2n) is 5.14. The lowest BCUT2D eigenvalue weighted by atomic mass is 9.93. The van der Waals surface area contributed by atoms with Crippen LogP contribution in [-0.4, -0.2) is 42.3 Å². The van der Waals surface area contributed by atoms with Crippen molar-refractivity contribution in [1.29, 1.82) is 0 Å². The third-order valence-electron chi connectivity index (χ3n) is 3.65. The Morgan fingerprint density at radius 1 is 1.63 bits per heavy atom. The number of hydrogen-bond acceptors (Lipinski definition) is 5. The molecule has 0 aromatic carbocycles. The zero-order valence-electron chi connectivity index (χ0n) is 11.5. The van der Waals surface area contributed by atoms with Crippen LogP contribution in [0.1, 0.15) is 34.3 Å². The van der Waals surface area contributed by atoms with Gasteiger partial charge in [-0.25, -0.2) is 4.79 Å². The van der Waals surface area contributed by atoms with Crippen LogP contribution in [0.5, 0.6) is 0 Å². The van der Waals surface area contributed by atoms with Gasteiger partial charge in [-0.3, -0.25) is 4.90 Å². The lowest BCUT2D eigenvalue weighted by Crippen LogP contribution is -2.38. The van der Waals surface area contributed by atoms with E-state index in [1.54, 1.807) is 0 Å². The van der Waals surface area contributed by atoms with Crippen molar-refractivity contribution in [3.8, 4) is 0 Å². The molecule has 0 spiro atoms. The number of ether oxygens (including phenoxy) is 1. The molecular formula is C14H21NO3S. The molecular weight excluding hydrogens is 262 g/mol. The number of rotatable bonds is 4. The van der Waals surface area contributed by atoms with Crippen LogP contribution in [-0.2, 0) is 11.3 Å². The zero-order chi connectivity index (χ0) is 13.8. The first-order valence-electron chi connectivity index (χ1n) is 6.67. The quantitative estimate of drug-likeness (QED) is 0.860. The molecule has 0 bridgehead atoms. The number of methoxy groups -OCH3 is 1. The highest BCUT2D eigenvalue weighted by atomic mass is 32.1. The first-order chi connectivity index (χ1) is 9.10. The first kappa shape index (κ1) is 14.5. The van der Waals surface area contributed by atoms with E-state index < -0.39 is 0 Å². The van der Waals surface area contributed by atoms with Crippen LogP contribution >= 0.6 is 11.3 Å². The van der Waals surface area contributed by atoms with Gasteiger partial charge < -0.3 is 9.84 Å². The number of carbonyl (C=O) groups excluding carboxylic acids is 1. The molecule has 2 heterocycles. The van der Waals surface area contributed by atoms with Crippen LogP contribution in [0.2, 0.25) is 0 Å². The number of esters is 1. The van der Waals surface area contributed by atoms with Gasteiger partial charge in [0.05, 0.1) is 13.2 Å². The molecule has 0 amide bonds. The van der Waals surface area contributed by atoms with Crippen molar-refractivity contribution >= 4 is 17.3 Å². The molecule has 2 atom stereocenters. The molecule has 1 aromatic heterocycles. The van der Waals surface area contributed by atoms with Crippen LogP contribution in [0.15, 0.2) is 12.1 Å². The molecule has 1 aromatic rings. The highest BCUT2D eigenvalue weighted by Gasteiger charge is 2.23. The topological polar surface area (TPSA) is 49.8 Å². The van der Waals surface area contributed by atoms with Crippen molar-refractivity contribution < 1.29 is 14.6 Å². The Bertz CT molecular complexity index is 430. The second kappa shape index (κ2) is 6.50. The molecule has 0 radical (unpaired) electrons. The smallest absolute Gasteiger partial charge is 0.348 e. The predicted molar refractivity (Wildman–Crippen MR) is 75.3 cm³/mol. The molecule has 19 heavy (non-hydrogen) atoms. The summed E-state index contributed by atoms with van der Waals surface area (Å²) in [5.74, 6) is 0.102. The van der Waals surface area contributed by atoms with Gasteiger partial charge in [0.25, 0.3) is 0 Å². The minimum absolute atomic E-state index is 0.239. The van der Waals surface area contributed by atoms with E-state index in [1.807, 2.05) is 19.1 Å². The van der Waals surface area contributed by atoms with E-state index >= 15 is 0 Å². The monoisotopic (exact) mass is 283 g/mol. The Hall–Kier alpha value is -0.910. The van der Waals surface area contributed by atoms with Crippen molar-refractivity contribution in [3.05, 3.63) is 21.9 Å². The molecule has 4 nitrogen and oxygen atoms in total. The molecule has 1 aliphatic rings. The SMILES string of the molecule is COC(=O)c1ccc(CN2CCCC(C(C)O)C2)s1. The molecule has 1 N–H and O–H groups in total. The minimum Gasteiger partial charge on any atom is -0.465 e. The van der Waals surface area contributed by atoms with Gasteiger partial charge in [0, 0.05) is 18.0 Å². The Balaban J connectivity index is 1.93. The van der Waals surface area contributed by atoms with Gasteiger partial charge >= 0.3 is 5.97 Å². The molecule has 2 unspecified atom stereocenters. The molecule has 5 heteroatoms. The Morgan fingerprint density at radius 2 is 2.42 bits per heavy atom. The number of thiophene rings is 1. The normalized spacial score (nSPS) is 22.2. The maximum Gasteiger partial charge on any atom is 0.348 e. The maximum atomic E-state index is 11.4. The maximum absolute atomic E-state index is 11.4. The summed E-state index contributed by atoms with van der Waals surface area (Å²) in [6.07, 6.45) is 1.99. The number of likely N-dealkylation sites (tertiary alicyclic amines) is 1. The number of aliphatic hydroxyl groups is 1. The van der Waals surface area contributed by atoms with Crippen molar-refractivity contribution in [2.45, 2.75) is 32.4 Å². The van der Waals surface area contributed by atoms with Gasteiger partial charge in [-0.2, -0.15) is 0 Å². The average molecular weight is 283 g/mol. The van der Waals surface area contributed by atoms with E-state index in [1.165, 1.54) is 23.3 Å². The fraction of sp³-hybridized carbons (Fsp3) is 0.643. The summed E-state index contributed by atoms with van der Waals surface area (Å²) in [4.78, 5) is 15.6. The number of aliphatic hydroxyl groups excluding tert-OH is 1. The van der Waals surface area contributed by atoms with Crippen molar-refractivity contribution in [3.63, 3.8) is 0 Å². The van der Waals surface area contributed by atoms with Gasteiger partial charge in [-0.1, -0.05) is 0 Å². The highest BCUT2D eigenvalue weighted by molar-refractivity contribution is 7.13. The molecule has 106 valence electrons. The van der Waals surface area contributed by atoms with Crippen molar-refractivity contribution in [1.82, 2.24) is 4.90 Å². The largest absolute Gasteiger partial charge is 0.465 e. The van der Waals surface area contributed by atoms with E-state index in [4.69, 9.17) is 4.74 Å². The standard InChI is InChI=1S/C14H21NO3S/c1-10(16)11-4-3-7-15(8-11)9-12-5-6-13(19-12)14(17)18-2/h5-6,10-11,16H,3-4,7-9H2,1-2H3. The van der Waals surface area contributed by atoms with Crippen LogP contribution in [0.25, 0.3) is 0 Å². The van der Waals surface area contributed by atoms with Gasteiger partial charge in [-0.05, 0) is 44.4 Å². The average Bonchev–Trinajstić information content (AvgIpc) is 2.86. The third kappa shape index (κ3) is 3.78. The van der Waals surface area contributed by atoms with Gasteiger partial charge in [0.1, 0.15) is 4.88 Å². The second-order valence-corrected chi connectivity index (χ2v) is 6.30. The van der Waals surface area contributed by atoms with E-state index in [-0.39, 0.29) is 12.1 Å². The van der Waals surface area contributed by atoms with E-state index in [0.29, 0.717) is 10.8 Å². The van der Waals surface area contributed by atoms with E-state index in [2.05, 4.69) is 4.90 Å². The Morgan fingerprint density at radius 3 is 3.11 bits per heavy atom. The van der Waals surface area contributed by atoms with Crippen LogP contribution < -0.4 is 0 Å². The number of piperidine rings is 1. The summed E-state index contributed by atoms with van der Waals surface area (Å²) in [7, 11) is 1.40. The van der Waals surface area contributed by atoms with Gasteiger partial charge in [0.15, 0.2) is 0 Å². The highest BCUT2D eigenvalue weighted by Crippen LogP contribution is 2.24.